The zero-order chi connectivity index (χ0) is 20.2. The molecule has 0 saturated carbocycles. The number of nitrogen functional groups attached to an aromatic ring is 1. The summed E-state index contributed by atoms with van der Waals surface area (Å²) in [5.74, 6) is -1.73. The molecule has 0 amide bonds. The van der Waals surface area contributed by atoms with Gasteiger partial charge in [-0.15, -0.1) is 0 Å². The number of carbonyl (C=O) groups excluding carboxylic acids is 1. The summed E-state index contributed by atoms with van der Waals surface area (Å²) < 4.78 is 1.41. The van der Waals surface area contributed by atoms with E-state index in [1.807, 2.05) is 6.07 Å². The van der Waals surface area contributed by atoms with E-state index in [0.29, 0.717) is 22.6 Å². The van der Waals surface area contributed by atoms with Crippen LogP contribution in [0.2, 0.25) is 0 Å². The monoisotopic (exact) mass is 403 g/mol. The fourth-order valence-corrected chi connectivity index (χ4v) is 3.78. The zero-order valence-electron chi connectivity index (χ0n) is 16.1. The van der Waals surface area contributed by atoms with Crippen LogP contribution in [0.3, 0.4) is 0 Å². The Kier molecular flexibility index (Phi) is 5.59. The van der Waals surface area contributed by atoms with Crippen LogP contribution in [0.5, 0.6) is 0 Å². The third kappa shape index (κ3) is 3.08. The first kappa shape index (κ1) is 21.5. The first-order chi connectivity index (χ1) is 13.3. The Balaban J connectivity index is 0.00000240. The van der Waals surface area contributed by atoms with Gasteiger partial charge in [-0.25, -0.2) is 4.98 Å². The smallest absolute Gasteiger partial charge is 0.547 e. The number of nitrogens with zero attached hydrogens (tertiary/aromatic N) is 2. The Morgan fingerprint density at radius 2 is 2.10 bits per heavy atom. The summed E-state index contributed by atoms with van der Waals surface area (Å²) in [6.07, 6.45) is -0.222. The number of anilines is 1. The van der Waals surface area contributed by atoms with E-state index in [0.717, 1.165) is 10.9 Å². The number of hydrogen-bond donors (Lipinski definition) is 3. The zero-order valence-corrected chi connectivity index (χ0v) is 18.1. The van der Waals surface area contributed by atoms with Gasteiger partial charge in [-0.1, -0.05) is 13.0 Å². The molecule has 9 heteroatoms. The summed E-state index contributed by atoms with van der Waals surface area (Å²) in [6, 6.07) is 8.57. The van der Waals surface area contributed by atoms with Gasteiger partial charge in [-0.05, 0) is 30.7 Å². The van der Waals surface area contributed by atoms with Crippen LogP contribution in [-0.2, 0) is 23.5 Å². The van der Waals surface area contributed by atoms with E-state index in [9.17, 15) is 24.9 Å². The summed E-state index contributed by atoms with van der Waals surface area (Å²) >= 11 is 0. The second-order valence-electron chi connectivity index (χ2n) is 6.88. The standard InChI is InChI=1S/C20H19N3O5.Na/c1-2-20(28,19(26)27)13-7-16-17-10(8-23(16)18(25)12(13)9-24)6-11-14(21)4-3-5-15(11)22-17;/h3-7,24,28H,2,8-9,21H2,1H3,(H,26,27);/q;+1/p-1/t20-;/m1./s1. The average molecular weight is 403 g/mol. The number of carboxylic acids is 1. The summed E-state index contributed by atoms with van der Waals surface area (Å²) in [6.45, 7) is 0.969. The van der Waals surface area contributed by atoms with Gasteiger partial charge in [0.25, 0.3) is 5.56 Å². The van der Waals surface area contributed by atoms with Crippen LogP contribution in [-0.4, -0.2) is 25.7 Å². The van der Waals surface area contributed by atoms with Crippen molar-refractivity contribution in [2.75, 3.05) is 5.73 Å². The summed E-state index contributed by atoms with van der Waals surface area (Å²) in [5.41, 5.74) is 5.55. The maximum absolute atomic E-state index is 13.0. The SMILES string of the molecule is CC[C@](O)(C(=O)[O-])c1cc2n(c(=O)c1CO)Cc1cc3c(N)cccc3nc1-2.[Na+]. The quantitative estimate of drug-likeness (QED) is 0.241. The normalized spacial score (nSPS) is 14.0. The van der Waals surface area contributed by atoms with Gasteiger partial charge < -0.3 is 30.4 Å². The molecule has 144 valence electrons. The maximum atomic E-state index is 13.0. The molecule has 0 fully saturated rings. The number of pyridine rings is 2. The van der Waals surface area contributed by atoms with Crippen molar-refractivity contribution in [3.8, 4) is 11.4 Å². The number of aromatic nitrogens is 2. The number of fused-ring (bicyclic) bond motifs is 4. The number of rotatable bonds is 4. The molecule has 3 heterocycles. The van der Waals surface area contributed by atoms with Gasteiger partial charge in [0.1, 0.15) is 5.60 Å². The number of aliphatic hydroxyl groups is 2. The summed E-state index contributed by atoms with van der Waals surface area (Å²) in [7, 11) is 0. The van der Waals surface area contributed by atoms with Crippen molar-refractivity contribution >= 4 is 22.6 Å². The minimum Gasteiger partial charge on any atom is -0.547 e. The van der Waals surface area contributed by atoms with E-state index in [-0.39, 0.29) is 53.6 Å². The Hall–Kier alpha value is -2.23. The molecule has 0 bridgehead atoms. The van der Waals surface area contributed by atoms with Crippen molar-refractivity contribution in [2.24, 2.45) is 0 Å². The third-order valence-corrected chi connectivity index (χ3v) is 5.40. The number of nitrogens with two attached hydrogens (primary N) is 1. The van der Waals surface area contributed by atoms with Crippen LogP contribution in [0.25, 0.3) is 22.3 Å². The number of carbonyl (C=O) groups is 1. The first-order valence-corrected chi connectivity index (χ1v) is 8.82. The van der Waals surface area contributed by atoms with Crippen LogP contribution in [0.1, 0.15) is 30.0 Å². The van der Waals surface area contributed by atoms with Crippen LogP contribution in [0, 0.1) is 0 Å². The maximum Gasteiger partial charge on any atom is 1.00 e. The van der Waals surface area contributed by atoms with Crippen molar-refractivity contribution in [1.82, 2.24) is 9.55 Å². The van der Waals surface area contributed by atoms with E-state index in [2.05, 4.69) is 4.98 Å². The van der Waals surface area contributed by atoms with E-state index in [4.69, 9.17) is 5.73 Å². The Morgan fingerprint density at radius 1 is 1.38 bits per heavy atom. The number of carboxylic acid groups (broad SMARTS) is 1. The summed E-state index contributed by atoms with van der Waals surface area (Å²) in [5, 5.41) is 32.7. The number of hydrogen-bond acceptors (Lipinski definition) is 7. The Morgan fingerprint density at radius 3 is 2.72 bits per heavy atom. The van der Waals surface area contributed by atoms with E-state index in [1.54, 1.807) is 18.2 Å². The van der Waals surface area contributed by atoms with Gasteiger partial charge in [0.15, 0.2) is 0 Å². The molecular weight excluding hydrogens is 385 g/mol. The number of benzene rings is 1. The van der Waals surface area contributed by atoms with Gasteiger partial charge in [0.2, 0.25) is 0 Å². The van der Waals surface area contributed by atoms with Crippen molar-refractivity contribution in [2.45, 2.75) is 32.1 Å². The second-order valence-corrected chi connectivity index (χ2v) is 6.88. The van der Waals surface area contributed by atoms with Crippen molar-refractivity contribution in [1.29, 1.82) is 0 Å². The molecular formula is C20H18N3NaO5. The average Bonchev–Trinajstić information content (AvgIpc) is 3.04. The second kappa shape index (κ2) is 7.55. The Labute approximate surface area is 187 Å². The fourth-order valence-electron chi connectivity index (χ4n) is 3.78. The molecule has 8 nitrogen and oxygen atoms in total. The topological polar surface area (TPSA) is 142 Å². The van der Waals surface area contributed by atoms with Gasteiger partial charge in [-0.2, -0.15) is 0 Å². The van der Waals surface area contributed by atoms with Crippen LogP contribution in [0.15, 0.2) is 35.1 Å². The molecule has 1 aliphatic rings. The number of aliphatic carboxylic acids is 1. The van der Waals surface area contributed by atoms with Crippen LogP contribution >= 0.6 is 0 Å². The molecule has 4 rings (SSSR count). The molecule has 3 aromatic rings. The molecule has 1 atom stereocenters. The first-order valence-electron chi connectivity index (χ1n) is 8.82. The molecule has 1 aromatic carbocycles. The molecule has 4 N–H and O–H groups in total. The summed E-state index contributed by atoms with van der Waals surface area (Å²) in [4.78, 5) is 29.2. The predicted octanol–water partition coefficient (Wildman–Crippen LogP) is -3.15. The molecule has 0 radical (unpaired) electrons. The molecule has 0 aliphatic carbocycles. The minimum absolute atomic E-state index is 0. The Bertz CT molecular complexity index is 1210. The van der Waals surface area contributed by atoms with E-state index >= 15 is 0 Å². The largest absolute Gasteiger partial charge is 1.00 e. The van der Waals surface area contributed by atoms with Gasteiger partial charge in [0, 0.05) is 27.8 Å². The minimum atomic E-state index is -2.39. The molecule has 1 aliphatic heterocycles. The molecule has 0 spiro atoms. The third-order valence-electron chi connectivity index (χ3n) is 5.40. The van der Waals surface area contributed by atoms with Crippen LogP contribution in [0.4, 0.5) is 5.69 Å². The number of aliphatic hydroxyl groups excluding tert-OH is 1. The van der Waals surface area contributed by atoms with Crippen molar-refractivity contribution in [3.63, 3.8) is 0 Å². The predicted molar refractivity (Wildman–Crippen MR) is 100 cm³/mol. The van der Waals surface area contributed by atoms with Crippen molar-refractivity contribution in [3.05, 3.63) is 57.4 Å². The molecule has 0 unspecified atom stereocenters. The van der Waals surface area contributed by atoms with E-state index in [1.165, 1.54) is 17.6 Å². The van der Waals surface area contributed by atoms with Crippen LogP contribution < -0.4 is 46.0 Å². The van der Waals surface area contributed by atoms with Gasteiger partial charge in [0.05, 0.1) is 36.0 Å². The fraction of sp³-hybridized carbons (Fsp3) is 0.250. The van der Waals surface area contributed by atoms with Gasteiger partial charge >= 0.3 is 29.6 Å². The molecule has 2 aromatic heterocycles. The molecule has 29 heavy (non-hydrogen) atoms. The van der Waals surface area contributed by atoms with Gasteiger partial charge in [-0.3, -0.25) is 4.79 Å². The van der Waals surface area contributed by atoms with Crippen molar-refractivity contribution < 1.29 is 49.7 Å². The van der Waals surface area contributed by atoms with E-state index < -0.39 is 23.7 Å². The molecule has 0 saturated heterocycles.